The van der Waals surface area contributed by atoms with Crippen molar-refractivity contribution in [1.29, 1.82) is 0 Å². The van der Waals surface area contributed by atoms with E-state index in [1.807, 2.05) is 11.4 Å². The molecule has 106 valence electrons. The van der Waals surface area contributed by atoms with Crippen molar-refractivity contribution < 1.29 is 9.53 Å². The van der Waals surface area contributed by atoms with Crippen LogP contribution in [0.2, 0.25) is 10.0 Å². The first-order valence-corrected chi connectivity index (χ1v) is 7.45. The Balaban J connectivity index is 1.98. The second-order valence-electron chi connectivity index (χ2n) is 3.97. The van der Waals surface area contributed by atoms with Gasteiger partial charge < -0.3 is 10.1 Å². The molecule has 2 aromatic rings. The van der Waals surface area contributed by atoms with Crippen molar-refractivity contribution in [3.05, 3.63) is 39.3 Å². The number of benzene rings is 1. The number of hydrogen-bond donors (Lipinski definition) is 1. The van der Waals surface area contributed by atoms with Crippen molar-refractivity contribution in [1.82, 2.24) is 4.98 Å². The van der Waals surface area contributed by atoms with Crippen LogP contribution in [0.25, 0.3) is 0 Å². The number of esters is 1. The van der Waals surface area contributed by atoms with Gasteiger partial charge in [-0.1, -0.05) is 23.2 Å². The van der Waals surface area contributed by atoms with Crippen molar-refractivity contribution in [2.24, 2.45) is 0 Å². The molecule has 7 heteroatoms. The molecular weight excluding hydrogens is 319 g/mol. The van der Waals surface area contributed by atoms with Crippen LogP contribution in [0.15, 0.2) is 23.6 Å². The lowest BCUT2D eigenvalue weighted by atomic mass is 10.2. The molecule has 0 unspecified atom stereocenters. The van der Waals surface area contributed by atoms with Gasteiger partial charge in [-0.05, 0) is 18.2 Å². The van der Waals surface area contributed by atoms with Gasteiger partial charge in [-0.15, -0.1) is 11.3 Å². The van der Waals surface area contributed by atoms with E-state index in [0.29, 0.717) is 22.9 Å². The summed E-state index contributed by atoms with van der Waals surface area (Å²) in [6.45, 7) is 0. The summed E-state index contributed by atoms with van der Waals surface area (Å²) >= 11 is 13.3. The second-order valence-corrected chi connectivity index (χ2v) is 5.65. The third-order valence-electron chi connectivity index (χ3n) is 2.54. The number of aryl methyl sites for hydroxylation is 1. The average Bonchev–Trinajstić information content (AvgIpc) is 2.88. The minimum absolute atomic E-state index is 0.239. The molecule has 0 aliphatic rings. The number of nitrogens with zero attached hydrogens (tertiary/aromatic N) is 1. The highest BCUT2D eigenvalue weighted by atomic mass is 35.5. The Morgan fingerprint density at radius 1 is 1.40 bits per heavy atom. The first-order chi connectivity index (χ1) is 9.58. The first kappa shape index (κ1) is 15.1. The van der Waals surface area contributed by atoms with Crippen molar-refractivity contribution >= 4 is 51.3 Å². The van der Waals surface area contributed by atoms with Gasteiger partial charge in [-0.2, -0.15) is 0 Å². The zero-order chi connectivity index (χ0) is 14.5. The molecule has 0 aliphatic heterocycles. The fourth-order valence-electron chi connectivity index (χ4n) is 1.51. The minimum Gasteiger partial charge on any atom is -0.469 e. The van der Waals surface area contributed by atoms with Gasteiger partial charge in [0.1, 0.15) is 0 Å². The number of methoxy groups -OCH3 is 1. The summed E-state index contributed by atoms with van der Waals surface area (Å²) in [6, 6.07) is 5.28. The largest absolute Gasteiger partial charge is 0.469 e. The quantitative estimate of drug-likeness (QED) is 0.830. The maximum atomic E-state index is 11.1. The molecule has 0 saturated heterocycles. The molecule has 0 bridgehead atoms. The molecular formula is C13H12Cl2N2O2S. The summed E-state index contributed by atoms with van der Waals surface area (Å²) in [4.78, 5) is 15.5. The molecule has 0 fully saturated rings. The lowest BCUT2D eigenvalue weighted by Crippen LogP contribution is -2.02. The third-order valence-corrected chi connectivity index (χ3v) is 4.08. The van der Waals surface area contributed by atoms with Crippen LogP contribution in [-0.2, 0) is 16.0 Å². The number of anilines is 2. The molecule has 0 aliphatic carbocycles. The number of hydrogen-bond acceptors (Lipinski definition) is 5. The standard InChI is InChI=1S/C13H12Cl2N2O2S/c1-19-12(18)5-3-9-7-20-13(17-9)16-8-2-4-10(14)11(15)6-8/h2,4,6-7H,3,5H2,1H3,(H,16,17). The van der Waals surface area contributed by atoms with E-state index < -0.39 is 0 Å². The summed E-state index contributed by atoms with van der Waals surface area (Å²) in [5, 5.41) is 6.78. The molecule has 0 atom stereocenters. The van der Waals surface area contributed by atoms with E-state index in [-0.39, 0.29) is 5.97 Å². The highest BCUT2D eigenvalue weighted by Crippen LogP contribution is 2.28. The fraction of sp³-hybridized carbons (Fsp3) is 0.231. The van der Waals surface area contributed by atoms with Crippen LogP contribution >= 0.6 is 34.5 Å². The maximum absolute atomic E-state index is 11.1. The van der Waals surface area contributed by atoms with E-state index in [2.05, 4.69) is 15.0 Å². The van der Waals surface area contributed by atoms with Crippen LogP contribution in [-0.4, -0.2) is 18.1 Å². The molecule has 0 amide bonds. The molecule has 2 rings (SSSR count). The molecule has 0 spiro atoms. The Morgan fingerprint density at radius 3 is 2.90 bits per heavy atom. The lowest BCUT2D eigenvalue weighted by Gasteiger charge is -2.03. The summed E-state index contributed by atoms with van der Waals surface area (Å²) in [6.07, 6.45) is 0.888. The van der Waals surface area contributed by atoms with Crippen molar-refractivity contribution in [2.45, 2.75) is 12.8 Å². The molecule has 1 aromatic carbocycles. The summed E-state index contributed by atoms with van der Waals surface area (Å²) in [7, 11) is 1.38. The normalized spacial score (nSPS) is 10.3. The molecule has 1 aromatic heterocycles. The smallest absolute Gasteiger partial charge is 0.305 e. The predicted octanol–water partition coefficient (Wildman–Crippen LogP) is 4.30. The van der Waals surface area contributed by atoms with Gasteiger partial charge in [0.2, 0.25) is 0 Å². The maximum Gasteiger partial charge on any atom is 0.305 e. The number of halogens is 2. The Morgan fingerprint density at radius 2 is 2.20 bits per heavy atom. The minimum atomic E-state index is -0.239. The fourth-order valence-corrected chi connectivity index (χ4v) is 2.57. The van der Waals surface area contributed by atoms with Crippen LogP contribution in [0.5, 0.6) is 0 Å². The summed E-state index contributed by atoms with van der Waals surface area (Å²) in [5.74, 6) is -0.239. The number of ether oxygens (including phenoxy) is 1. The van der Waals surface area contributed by atoms with E-state index in [0.717, 1.165) is 16.5 Å². The lowest BCUT2D eigenvalue weighted by molar-refractivity contribution is -0.140. The number of nitrogens with one attached hydrogen (secondary N) is 1. The zero-order valence-corrected chi connectivity index (χ0v) is 13.0. The monoisotopic (exact) mass is 330 g/mol. The van der Waals surface area contributed by atoms with Gasteiger partial charge in [-0.3, -0.25) is 4.79 Å². The topological polar surface area (TPSA) is 51.2 Å². The van der Waals surface area contributed by atoms with Gasteiger partial charge in [-0.25, -0.2) is 4.98 Å². The molecule has 0 saturated carbocycles. The van der Waals surface area contributed by atoms with Gasteiger partial charge in [0.05, 0.1) is 29.3 Å². The predicted molar refractivity (Wildman–Crippen MR) is 82.2 cm³/mol. The van der Waals surface area contributed by atoms with Crippen LogP contribution in [0, 0.1) is 0 Å². The Hall–Kier alpha value is -1.30. The van der Waals surface area contributed by atoms with E-state index in [9.17, 15) is 4.79 Å². The van der Waals surface area contributed by atoms with Gasteiger partial charge in [0, 0.05) is 17.5 Å². The highest BCUT2D eigenvalue weighted by molar-refractivity contribution is 7.13. The molecule has 1 heterocycles. The number of carbonyl (C=O) groups excluding carboxylic acids is 1. The number of thiazole rings is 1. The SMILES string of the molecule is COC(=O)CCc1csc(Nc2ccc(Cl)c(Cl)c2)n1. The van der Waals surface area contributed by atoms with Crippen molar-refractivity contribution in [3.63, 3.8) is 0 Å². The molecule has 0 radical (unpaired) electrons. The number of rotatable bonds is 5. The van der Waals surface area contributed by atoms with E-state index >= 15 is 0 Å². The van der Waals surface area contributed by atoms with Crippen LogP contribution in [0.4, 0.5) is 10.8 Å². The van der Waals surface area contributed by atoms with Gasteiger partial charge >= 0.3 is 5.97 Å². The van der Waals surface area contributed by atoms with Gasteiger partial charge in [0.15, 0.2) is 5.13 Å². The molecule has 20 heavy (non-hydrogen) atoms. The Labute approximate surface area is 130 Å². The summed E-state index contributed by atoms with van der Waals surface area (Å²) in [5.41, 5.74) is 1.66. The number of carbonyl (C=O) groups is 1. The number of aromatic nitrogens is 1. The van der Waals surface area contributed by atoms with Gasteiger partial charge in [0.25, 0.3) is 0 Å². The Kier molecular flexibility index (Phi) is 5.23. The van der Waals surface area contributed by atoms with E-state index in [1.165, 1.54) is 18.4 Å². The van der Waals surface area contributed by atoms with Crippen molar-refractivity contribution in [2.75, 3.05) is 12.4 Å². The van der Waals surface area contributed by atoms with Crippen LogP contribution in [0.1, 0.15) is 12.1 Å². The molecule has 4 nitrogen and oxygen atoms in total. The van der Waals surface area contributed by atoms with Crippen molar-refractivity contribution in [3.8, 4) is 0 Å². The van der Waals surface area contributed by atoms with E-state index in [4.69, 9.17) is 23.2 Å². The van der Waals surface area contributed by atoms with E-state index in [1.54, 1.807) is 12.1 Å². The average molecular weight is 331 g/mol. The summed E-state index contributed by atoms with van der Waals surface area (Å²) < 4.78 is 4.59. The highest BCUT2D eigenvalue weighted by Gasteiger charge is 2.07. The molecule has 1 N–H and O–H groups in total. The second kappa shape index (κ2) is 6.92. The Bertz CT molecular complexity index is 616. The first-order valence-electron chi connectivity index (χ1n) is 5.82. The van der Waals surface area contributed by atoms with Crippen LogP contribution < -0.4 is 5.32 Å². The zero-order valence-electron chi connectivity index (χ0n) is 10.7. The third kappa shape index (κ3) is 4.10. The van der Waals surface area contributed by atoms with Crippen LogP contribution in [0.3, 0.4) is 0 Å².